The van der Waals surface area contributed by atoms with E-state index in [1.165, 1.54) is 15.9 Å². The Morgan fingerprint density at radius 1 is 1.03 bits per heavy atom. The van der Waals surface area contributed by atoms with Crippen LogP contribution in [0.2, 0.25) is 0 Å². The fourth-order valence-electron chi connectivity index (χ4n) is 3.42. The monoisotopic (exact) mass is 435 g/mol. The summed E-state index contributed by atoms with van der Waals surface area (Å²) < 4.78 is 7.62. The van der Waals surface area contributed by atoms with E-state index in [1.54, 1.807) is 55.6 Å². The largest absolute Gasteiger partial charge is 0.497 e. The Morgan fingerprint density at radius 2 is 1.71 bits per heavy atom. The van der Waals surface area contributed by atoms with Gasteiger partial charge in [-0.2, -0.15) is 0 Å². The number of thiophene rings is 1. The molecule has 1 amide bonds. The molecule has 0 atom stereocenters. The minimum absolute atomic E-state index is 0.214. The third kappa shape index (κ3) is 3.77. The van der Waals surface area contributed by atoms with E-state index >= 15 is 0 Å². The van der Waals surface area contributed by atoms with E-state index in [0.29, 0.717) is 27.3 Å². The van der Waals surface area contributed by atoms with Crippen LogP contribution >= 0.6 is 11.3 Å². The average Bonchev–Trinajstić information content (AvgIpc) is 3.07. The SMILES string of the molecule is COc1ccc(NC(=O)Cn2c(=O)n(-c3ccccc3)c(=O)c3c(C)c(C)sc32)cc1. The van der Waals surface area contributed by atoms with Crippen LogP contribution in [0.25, 0.3) is 15.9 Å². The molecule has 0 fully saturated rings. The maximum Gasteiger partial charge on any atom is 0.337 e. The number of carbonyl (C=O) groups excluding carboxylic acids is 1. The van der Waals surface area contributed by atoms with Crippen LogP contribution in [0.15, 0.2) is 64.2 Å². The van der Waals surface area contributed by atoms with E-state index in [4.69, 9.17) is 4.74 Å². The van der Waals surface area contributed by atoms with Gasteiger partial charge >= 0.3 is 5.69 Å². The zero-order valence-corrected chi connectivity index (χ0v) is 18.2. The summed E-state index contributed by atoms with van der Waals surface area (Å²) in [5, 5.41) is 3.25. The predicted molar refractivity (Wildman–Crippen MR) is 123 cm³/mol. The number of aromatic nitrogens is 2. The number of nitrogens with one attached hydrogen (secondary N) is 1. The topological polar surface area (TPSA) is 82.3 Å². The summed E-state index contributed by atoms with van der Waals surface area (Å²) in [6.45, 7) is 3.55. The van der Waals surface area contributed by atoms with Crippen molar-refractivity contribution in [2.75, 3.05) is 12.4 Å². The maximum atomic E-state index is 13.3. The molecule has 0 aliphatic heterocycles. The molecular weight excluding hydrogens is 414 g/mol. The van der Waals surface area contributed by atoms with Gasteiger partial charge in [0.1, 0.15) is 17.1 Å². The summed E-state index contributed by atoms with van der Waals surface area (Å²) in [4.78, 5) is 40.8. The maximum absolute atomic E-state index is 13.3. The molecule has 0 saturated heterocycles. The first kappa shape index (κ1) is 20.6. The molecular formula is C23H21N3O4S. The lowest BCUT2D eigenvalue weighted by molar-refractivity contribution is -0.116. The summed E-state index contributed by atoms with van der Waals surface area (Å²) in [7, 11) is 1.57. The van der Waals surface area contributed by atoms with E-state index < -0.39 is 5.69 Å². The van der Waals surface area contributed by atoms with Gasteiger partial charge in [-0.15, -0.1) is 11.3 Å². The molecule has 0 saturated carbocycles. The van der Waals surface area contributed by atoms with Crippen molar-refractivity contribution in [2.24, 2.45) is 0 Å². The van der Waals surface area contributed by atoms with Crippen LogP contribution in [0.5, 0.6) is 5.75 Å². The van der Waals surface area contributed by atoms with Crippen LogP contribution in [0, 0.1) is 13.8 Å². The van der Waals surface area contributed by atoms with Crippen LogP contribution < -0.4 is 21.3 Å². The number of methoxy groups -OCH3 is 1. The third-order valence-corrected chi connectivity index (χ3v) is 6.37. The molecule has 7 nitrogen and oxygen atoms in total. The molecule has 1 N–H and O–H groups in total. The van der Waals surface area contributed by atoms with Crippen LogP contribution in [0.1, 0.15) is 10.4 Å². The molecule has 0 bridgehead atoms. The first-order valence-corrected chi connectivity index (χ1v) is 10.5. The van der Waals surface area contributed by atoms with E-state index in [0.717, 1.165) is 15.0 Å². The van der Waals surface area contributed by atoms with Gasteiger partial charge in [0.2, 0.25) is 5.91 Å². The fourth-order valence-corrected chi connectivity index (χ4v) is 4.56. The van der Waals surface area contributed by atoms with Gasteiger partial charge in [-0.25, -0.2) is 9.36 Å². The van der Waals surface area contributed by atoms with Gasteiger partial charge in [-0.05, 0) is 55.8 Å². The van der Waals surface area contributed by atoms with Crippen LogP contribution in [0.3, 0.4) is 0 Å². The first-order valence-electron chi connectivity index (χ1n) is 9.65. The molecule has 2 heterocycles. The van der Waals surface area contributed by atoms with Gasteiger partial charge in [-0.3, -0.25) is 14.2 Å². The Labute approximate surface area is 182 Å². The number of hydrogen-bond donors (Lipinski definition) is 1. The second-order valence-corrected chi connectivity index (χ2v) is 8.29. The number of nitrogens with zero attached hydrogens (tertiary/aromatic N) is 2. The average molecular weight is 436 g/mol. The van der Waals surface area contributed by atoms with Gasteiger partial charge < -0.3 is 10.1 Å². The van der Waals surface area contributed by atoms with Gasteiger partial charge in [-0.1, -0.05) is 18.2 Å². The van der Waals surface area contributed by atoms with Crippen LogP contribution in [-0.4, -0.2) is 22.2 Å². The number of aryl methyl sites for hydroxylation is 2. The predicted octanol–water partition coefficient (Wildman–Crippen LogP) is 3.48. The summed E-state index contributed by atoms with van der Waals surface area (Å²) in [5.41, 5.74) is 0.950. The number of fused-ring (bicyclic) bond motifs is 1. The number of hydrogen-bond acceptors (Lipinski definition) is 5. The highest BCUT2D eigenvalue weighted by molar-refractivity contribution is 7.18. The number of ether oxygens (including phenoxy) is 1. The van der Waals surface area contributed by atoms with Crippen molar-refractivity contribution in [3.63, 3.8) is 0 Å². The van der Waals surface area contributed by atoms with E-state index in [2.05, 4.69) is 5.32 Å². The molecule has 2 aromatic heterocycles. The normalized spacial score (nSPS) is 10.9. The summed E-state index contributed by atoms with van der Waals surface area (Å²) in [5.74, 6) is 0.311. The Morgan fingerprint density at radius 3 is 2.35 bits per heavy atom. The lowest BCUT2D eigenvalue weighted by Crippen LogP contribution is -2.40. The molecule has 0 aliphatic carbocycles. The summed E-state index contributed by atoms with van der Waals surface area (Å²) >= 11 is 1.34. The number of anilines is 1. The van der Waals surface area contributed by atoms with Gasteiger partial charge in [0.25, 0.3) is 5.56 Å². The zero-order valence-electron chi connectivity index (χ0n) is 17.3. The van der Waals surface area contributed by atoms with Crippen molar-refractivity contribution in [3.05, 3.63) is 85.9 Å². The molecule has 4 rings (SSSR count). The minimum atomic E-state index is -0.546. The molecule has 0 unspecified atom stereocenters. The molecule has 4 aromatic rings. The van der Waals surface area contributed by atoms with Crippen molar-refractivity contribution < 1.29 is 9.53 Å². The quantitative estimate of drug-likeness (QED) is 0.520. The second kappa shape index (κ2) is 8.23. The number of rotatable bonds is 5. The smallest absolute Gasteiger partial charge is 0.337 e. The second-order valence-electron chi connectivity index (χ2n) is 7.08. The van der Waals surface area contributed by atoms with Crippen molar-refractivity contribution >= 4 is 33.1 Å². The van der Waals surface area contributed by atoms with Crippen molar-refractivity contribution in [3.8, 4) is 11.4 Å². The van der Waals surface area contributed by atoms with E-state index in [1.807, 2.05) is 19.9 Å². The summed E-state index contributed by atoms with van der Waals surface area (Å²) in [6.07, 6.45) is 0. The van der Waals surface area contributed by atoms with Crippen molar-refractivity contribution in [1.82, 2.24) is 9.13 Å². The lowest BCUT2D eigenvalue weighted by Gasteiger charge is -2.13. The molecule has 0 radical (unpaired) electrons. The summed E-state index contributed by atoms with van der Waals surface area (Å²) in [6, 6.07) is 15.7. The van der Waals surface area contributed by atoms with Gasteiger partial charge in [0.05, 0.1) is 18.2 Å². The van der Waals surface area contributed by atoms with E-state index in [9.17, 15) is 14.4 Å². The standard InChI is InChI=1S/C23H21N3O4S/c1-14-15(2)31-22-20(14)21(28)26(17-7-5-4-6-8-17)23(29)25(22)13-19(27)24-16-9-11-18(30-3)12-10-16/h4-12H,13H2,1-3H3,(H,24,27). The molecule has 2 aromatic carbocycles. The Kier molecular flexibility index (Phi) is 5.48. The Hall–Kier alpha value is -3.65. The number of carbonyl (C=O) groups is 1. The molecule has 8 heteroatoms. The highest BCUT2D eigenvalue weighted by atomic mass is 32.1. The molecule has 0 spiro atoms. The first-order chi connectivity index (χ1) is 14.9. The third-order valence-electron chi connectivity index (χ3n) is 5.14. The van der Waals surface area contributed by atoms with Gasteiger partial charge in [0, 0.05) is 10.6 Å². The number of amides is 1. The highest BCUT2D eigenvalue weighted by Gasteiger charge is 2.21. The minimum Gasteiger partial charge on any atom is -0.497 e. The van der Waals surface area contributed by atoms with Crippen molar-refractivity contribution in [1.29, 1.82) is 0 Å². The van der Waals surface area contributed by atoms with Crippen LogP contribution in [0.4, 0.5) is 5.69 Å². The molecule has 158 valence electrons. The van der Waals surface area contributed by atoms with Gasteiger partial charge in [0.15, 0.2) is 0 Å². The lowest BCUT2D eigenvalue weighted by atomic mass is 10.2. The number of benzene rings is 2. The number of para-hydroxylation sites is 1. The Bertz CT molecular complexity index is 1380. The fraction of sp³-hybridized carbons (Fsp3) is 0.174. The van der Waals surface area contributed by atoms with Crippen LogP contribution in [-0.2, 0) is 11.3 Å². The van der Waals surface area contributed by atoms with E-state index in [-0.39, 0.29) is 18.0 Å². The molecule has 31 heavy (non-hydrogen) atoms. The Balaban J connectivity index is 1.81. The zero-order chi connectivity index (χ0) is 22.1. The highest BCUT2D eigenvalue weighted by Crippen LogP contribution is 2.27. The molecule has 0 aliphatic rings. The van der Waals surface area contributed by atoms with Crippen molar-refractivity contribution in [2.45, 2.75) is 20.4 Å².